The lowest BCUT2D eigenvalue weighted by Gasteiger charge is -2.33. The summed E-state index contributed by atoms with van der Waals surface area (Å²) >= 11 is 0. The molecular weight excluding hydrogens is 636 g/mol. The highest BCUT2D eigenvalue weighted by atomic mass is 16.6. The Balaban J connectivity index is 1.61. The fourth-order valence-corrected chi connectivity index (χ4v) is 5.46. The van der Waals surface area contributed by atoms with E-state index < -0.39 is 30.2 Å². The van der Waals surface area contributed by atoms with Crippen LogP contribution < -0.4 is 35.9 Å². The van der Waals surface area contributed by atoms with E-state index in [0.29, 0.717) is 35.6 Å². The lowest BCUT2D eigenvalue weighted by Crippen LogP contribution is -2.50. The number of fused-ring (bicyclic) bond motifs is 1. The van der Waals surface area contributed by atoms with Crippen LogP contribution in [-0.4, -0.2) is 81.2 Å². The molecule has 1 saturated carbocycles. The summed E-state index contributed by atoms with van der Waals surface area (Å²) in [4.78, 5) is 46.4. The Morgan fingerprint density at radius 1 is 0.980 bits per heavy atom. The third-order valence-corrected chi connectivity index (χ3v) is 7.58. The largest absolute Gasteiger partial charge is 0.497 e. The van der Waals surface area contributed by atoms with Crippen molar-refractivity contribution in [2.75, 3.05) is 31.5 Å². The van der Waals surface area contributed by atoms with E-state index in [1.54, 1.807) is 63.2 Å². The quantitative estimate of drug-likeness (QED) is 0.141. The van der Waals surface area contributed by atoms with E-state index in [9.17, 15) is 14.4 Å². The Kier molecular flexibility index (Phi) is 10.2. The minimum absolute atomic E-state index is 0.0450. The van der Waals surface area contributed by atoms with Crippen molar-refractivity contribution in [2.24, 2.45) is 5.73 Å². The zero-order valence-corrected chi connectivity index (χ0v) is 27.9. The van der Waals surface area contributed by atoms with Gasteiger partial charge < -0.3 is 45.7 Å². The normalized spacial score (nSPS) is 16.0. The van der Waals surface area contributed by atoms with E-state index in [4.69, 9.17) is 39.8 Å². The van der Waals surface area contributed by atoms with Crippen molar-refractivity contribution in [2.45, 2.75) is 64.1 Å². The Morgan fingerprint density at radius 3 is 2.31 bits per heavy atom. The molecule has 2 aromatic heterocycles. The van der Waals surface area contributed by atoms with Crippen LogP contribution in [0.1, 0.15) is 56.8 Å². The van der Waals surface area contributed by atoms with Gasteiger partial charge in [-0.15, -0.1) is 5.10 Å². The van der Waals surface area contributed by atoms with E-state index >= 15 is 0 Å². The van der Waals surface area contributed by atoms with Gasteiger partial charge in [0.05, 0.1) is 20.3 Å². The van der Waals surface area contributed by atoms with Crippen molar-refractivity contribution in [1.82, 2.24) is 24.9 Å². The molecule has 2 aromatic carbocycles. The van der Waals surface area contributed by atoms with Gasteiger partial charge in [0.1, 0.15) is 28.4 Å². The number of primary amides is 1. The van der Waals surface area contributed by atoms with Gasteiger partial charge in [-0.25, -0.2) is 14.6 Å². The first-order valence-corrected chi connectivity index (χ1v) is 15.6. The molecule has 2 unspecified atom stereocenters. The molecular formula is C33H40N8O8. The molecule has 4 aromatic rings. The van der Waals surface area contributed by atoms with Gasteiger partial charge in [0.15, 0.2) is 23.9 Å². The van der Waals surface area contributed by atoms with E-state index in [2.05, 4.69) is 21.0 Å². The van der Waals surface area contributed by atoms with E-state index in [1.165, 1.54) is 18.7 Å². The summed E-state index contributed by atoms with van der Waals surface area (Å²) in [5.74, 6) is -0.163. The minimum Gasteiger partial charge on any atom is -0.497 e. The van der Waals surface area contributed by atoms with Crippen LogP contribution in [0.15, 0.2) is 42.5 Å². The van der Waals surface area contributed by atoms with Crippen molar-refractivity contribution < 1.29 is 38.4 Å². The Bertz CT molecular complexity index is 1830. The highest BCUT2D eigenvalue weighted by Crippen LogP contribution is 2.32. The van der Waals surface area contributed by atoms with E-state index in [1.807, 2.05) is 0 Å². The van der Waals surface area contributed by atoms with Gasteiger partial charge in [0.2, 0.25) is 5.95 Å². The van der Waals surface area contributed by atoms with Crippen LogP contribution in [0, 0.1) is 0 Å². The van der Waals surface area contributed by atoms with Crippen molar-refractivity contribution >= 4 is 41.1 Å². The molecule has 6 N–H and O–H groups in total. The number of ether oxygens (including phenoxy) is 4. The summed E-state index contributed by atoms with van der Waals surface area (Å²) in [6, 6.07) is 11.1. The van der Waals surface area contributed by atoms with Gasteiger partial charge >= 0.3 is 12.1 Å². The highest BCUT2D eigenvalue weighted by Gasteiger charge is 2.31. The van der Waals surface area contributed by atoms with Gasteiger partial charge in [-0.3, -0.25) is 4.79 Å². The topological polar surface area (TPSA) is 214 Å². The monoisotopic (exact) mass is 676 g/mol. The molecule has 0 aliphatic heterocycles. The number of hydrogen-bond donors (Lipinski definition) is 5. The third-order valence-electron chi connectivity index (χ3n) is 7.58. The Labute approximate surface area is 282 Å². The molecule has 0 saturated heterocycles. The zero-order valence-electron chi connectivity index (χ0n) is 27.9. The molecule has 49 heavy (non-hydrogen) atoms. The number of nitrogens with two attached hydrogens (primary N) is 1. The number of nitrogens with one attached hydrogen (secondary N) is 3. The number of methoxy groups -OCH3 is 2. The molecule has 0 radical (unpaired) electrons. The number of rotatable bonds is 12. The van der Waals surface area contributed by atoms with Gasteiger partial charge in [-0.1, -0.05) is 25.0 Å². The molecule has 2 atom stereocenters. The third kappa shape index (κ3) is 8.57. The molecule has 1 aliphatic carbocycles. The molecule has 16 heteroatoms. The maximum Gasteiger partial charge on any atom is 0.407 e. The van der Waals surface area contributed by atoms with Crippen molar-refractivity contribution in [3.63, 3.8) is 0 Å². The average Bonchev–Trinajstić information content (AvgIpc) is 3.49. The fourth-order valence-electron chi connectivity index (χ4n) is 5.46. The first kappa shape index (κ1) is 34.5. The number of carbonyl (C=O) groups excluding carboxylic acids is 2. The second-order valence-corrected chi connectivity index (χ2v) is 12.4. The van der Waals surface area contributed by atoms with E-state index in [-0.39, 0.29) is 46.6 Å². The summed E-state index contributed by atoms with van der Waals surface area (Å²) in [5.41, 5.74) is 6.31. The minimum atomic E-state index is -1.12. The first-order valence-electron chi connectivity index (χ1n) is 15.6. The summed E-state index contributed by atoms with van der Waals surface area (Å²) in [5, 5.41) is 23.3. The molecule has 1 aliphatic rings. The predicted molar refractivity (Wildman–Crippen MR) is 180 cm³/mol. The average molecular weight is 677 g/mol. The predicted octanol–water partition coefficient (Wildman–Crippen LogP) is 4.36. The van der Waals surface area contributed by atoms with Gasteiger partial charge in [-0.05, 0) is 45.7 Å². The van der Waals surface area contributed by atoms with Crippen LogP contribution in [0.25, 0.3) is 17.0 Å². The number of carboxylic acid groups (broad SMARTS) is 1. The van der Waals surface area contributed by atoms with Crippen LogP contribution in [0.5, 0.6) is 17.2 Å². The second-order valence-electron chi connectivity index (χ2n) is 12.4. The highest BCUT2D eigenvalue weighted by molar-refractivity contribution is 6.04. The van der Waals surface area contributed by atoms with Crippen LogP contribution in [0.3, 0.4) is 0 Å². The van der Waals surface area contributed by atoms with E-state index in [0.717, 1.165) is 12.8 Å². The molecule has 5 rings (SSSR count). The maximum atomic E-state index is 13.1. The summed E-state index contributed by atoms with van der Waals surface area (Å²) in [7, 11) is 3.04. The summed E-state index contributed by atoms with van der Waals surface area (Å²) < 4.78 is 23.1. The van der Waals surface area contributed by atoms with Gasteiger partial charge in [0, 0.05) is 35.5 Å². The first-order chi connectivity index (χ1) is 23.3. The number of aliphatic carboxylic acids is 1. The number of carboxylic acids is 1. The van der Waals surface area contributed by atoms with Gasteiger partial charge in [-0.2, -0.15) is 9.50 Å². The molecule has 260 valence electrons. The standard InChI is InChI=1S/C33H40N8O8/c1-33(2,3)49-32(45)37-24-12-7-6-11-23(24)36-31-39-29(35-19-14-21(46-4)16-22(15-19)47-5)26(27(34)44)30-38-28(40-41(30)31)18-9-8-10-20(13-18)48-17-25(42)43/h8-10,13-16,23-24,35H,6-7,11-12,17H2,1-5H3,(H2,34,44)(H,36,39)(H,37,45)(H,42,43). The lowest BCUT2D eigenvalue weighted by molar-refractivity contribution is -0.139. The number of carbonyl (C=O) groups is 3. The van der Waals surface area contributed by atoms with Gasteiger partial charge in [0.25, 0.3) is 5.91 Å². The molecule has 2 heterocycles. The second kappa shape index (κ2) is 14.5. The summed E-state index contributed by atoms with van der Waals surface area (Å²) in [6.07, 6.45) is 2.66. The number of hydrogen-bond acceptors (Lipinski definition) is 12. The van der Waals surface area contributed by atoms with Crippen LogP contribution in [0.2, 0.25) is 0 Å². The number of aromatic nitrogens is 4. The molecule has 1 fully saturated rings. The molecule has 0 spiro atoms. The van der Waals surface area contributed by atoms with Crippen LogP contribution in [0.4, 0.5) is 22.2 Å². The smallest absolute Gasteiger partial charge is 0.407 e. The van der Waals surface area contributed by atoms with Crippen molar-refractivity contribution in [1.29, 1.82) is 0 Å². The van der Waals surface area contributed by atoms with Crippen LogP contribution in [-0.2, 0) is 9.53 Å². The van der Waals surface area contributed by atoms with Crippen LogP contribution >= 0.6 is 0 Å². The number of anilines is 3. The number of nitrogens with zero attached hydrogens (tertiary/aromatic N) is 4. The number of benzene rings is 2. The molecule has 2 amide bonds. The fraction of sp³-hybridized carbons (Fsp3) is 0.394. The SMILES string of the molecule is COc1cc(Nc2nc(NC3CCCCC3NC(=O)OC(C)(C)C)n3nc(-c4cccc(OCC(=O)O)c4)nc3c2C(N)=O)cc(OC)c1. The maximum absolute atomic E-state index is 13.1. The number of alkyl carbamates (subject to hydrolysis) is 1. The zero-order chi connectivity index (χ0) is 35.3. The lowest BCUT2D eigenvalue weighted by atomic mass is 9.90. The number of amides is 2. The Morgan fingerprint density at radius 2 is 1.67 bits per heavy atom. The van der Waals surface area contributed by atoms with Crippen molar-refractivity contribution in [3.8, 4) is 28.6 Å². The summed E-state index contributed by atoms with van der Waals surface area (Å²) in [6.45, 7) is 4.86. The Hall–Kier alpha value is -5.80. The van der Waals surface area contributed by atoms with Crippen molar-refractivity contribution in [3.05, 3.63) is 48.0 Å². The molecule has 16 nitrogen and oxygen atoms in total. The molecule has 0 bridgehead atoms.